The summed E-state index contributed by atoms with van der Waals surface area (Å²) in [5.41, 5.74) is 0. The van der Waals surface area contributed by atoms with Crippen LogP contribution in [0.5, 0.6) is 0 Å². The fourth-order valence-electron chi connectivity index (χ4n) is 2.50. The number of hydrogen-bond donors (Lipinski definition) is 3. The molecule has 2 unspecified atom stereocenters. The number of nitrogens with one attached hydrogen (secondary N) is 2. The maximum atomic E-state index is 11.8. The molecule has 0 aromatic carbocycles. The van der Waals surface area contributed by atoms with E-state index < -0.39 is 0 Å². The molecule has 1 aliphatic rings. The molecule has 0 bridgehead atoms. The summed E-state index contributed by atoms with van der Waals surface area (Å²) in [4.78, 5) is 11.8. The van der Waals surface area contributed by atoms with Gasteiger partial charge in [-0.25, -0.2) is 4.79 Å². The number of rotatable bonds is 5. The van der Waals surface area contributed by atoms with Gasteiger partial charge in [0.1, 0.15) is 0 Å². The molecule has 17 heavy (non-hydrogen) atoms. The lowest BCUT2D eigenvalue weighted by Crippen LogP contribution is -2.50. The van der Waals surface area contributed by atoms with Crippen LogP contribution in [0, 0.1) is 5.92 Å². The zero-order chi connectivity index (χ0) is 12.7. The number of aliphatic hydroxyl groups is 1. The number of amides is 2. The second kappa shape index (κ2) is 7.54. The van der Waals surface area contributed by atoms with Gasteiger partial charge in [-0.1, -0.05) is 26.7 Å². The molecule has 2 atom stereocenters. The molecule has 1 rings (SSSR count). The molecule has 0 spiro atoms. The van der Waals surface area contributed by atoms with Crippen molar-refractivity contribution in [2.45, 2.75) is 64.5 Å². The second-order valence-electron chi connectivity index (χ2n) is 4.96. The first-order chi connectivity index (χ1) is 8.21. The van der Waals surface area contributed by atoms with Gasteiger partial charge in [-0.05, 0) is 25.7 Å². The van der Waals surface area contributed by atoms with Gasteiger partial charge in [0.15, 0.2) is 0 Å². The normalized spacial score (nSPS) is 24.7. The number of aliphatic hydroxyl groups excluding tert-OH is 1. The van der Waals surface area contributed by atoms with E-state index in [4.69, 9.17) is 0 Å². The van der Waals surface area contributed by atoms with Gasteiger partial charge in [-0.2, -0.15) is 0 Å². The average Bonchev–Trinajstić information content (AvgIpc) is 2.36. The van der Waals surface area contributed by atoms with Gasteiger partial charge >= 0.3 is 6.03 Å². The van der Waals surface area contributed by atoms with Crippen LogP contribution in [-0.2, 0) is 0 Å². The standard InChI is InChI=1S/C13H26N2O2/c1-3-11(4-2)14-13(17)15-12-8-6-5-7-10(12)9-16/h10-12,16H,3-9H2,1-2H3,(H2,14,15,17). The predicted octanol–water partition coefficient (Wildman–Crippen LogP) is 2.03. The molecular weight excluding hydrogens is 216 g/mol. The van der Waals surface area contributed by atoms with Crippen molar-refractivity contribution in [3.05, 3.63) is 0 Å². The number of carbonyl (C=O) groups excluding carboxylic acids is 1. The minimum absolute atomic E-state index is 0.0796. The Morgan fingerprint density at radius 2 is 1.94 bits per heavy atom. The van der Waals surface area contributed by atoms with Gasteiger partial charge in [0.25, 0.3) is 0 Å². The highest BCUT2D eigenvalue weighted by atomic mass is 16.3. The van der Waals surface area contributed by atoms with Crippen LogP contribution in [0.2, 0.25) is 0 Å². The maximum absolute atomic E-state index is 11.8. The van der Waals surface area contributed by atoms with Gasteiger partial charge in [-0.3, -0.25) is 0 Å². The van der Waals surface area contributed by atoms with E-state index in [2.05, 4.69) is 24.5 Å². The quantitative estimate of drug-likeness (QED) is 0.690. The summed E-state index contributed by atoms with van der Waals surface area (Å²) >= 11 is 0. The van der Waals surface area contributed by atoms with E-state index in [1.165, 1.54) is 0 Å². The van der Waals surface area contributed by atoms with Gasteiger partial charge in [0.2, 0.25) is 0 Å². The van der Waals surface area contributed by atoms with E-state index in [0.29, 0.717) is 0 Å². The summed E-state index contributed by atoms with van der Waals surface area (Å²) in [7, 11) is 0. The molecule has 0 aromatic heterocycles. The Bertz CT molecular complexity index is 229. The predicted molar refractivity (Wildman–Crippen MR) is 68.9 cm³/mol. The minimum atomic E-state index is -0.0796. The maximum Gasteiger partial charge on any atom is 0.315 e. The van der Waals surface area contributed by atoms with Crippen molar-refractivity contribution >= 4 is 6.03 Å². The van der Waals surface area contributed by atoms with Crippen molar-refractivity contribution in [1.82, 2.24) is 10.6 Å². The molecule has 0 aromatic rings. The molecule has 0 radical (unpaired) electrons. The summed E-state index contributed by atoms with van der Waals surface area (Å²) < 4.78 is 0. The molecule has 1 aliphatic carbocycles. The van der Waals surface area contributed by atoms with Crippen molar-refractivity contribution < 1.29 is 9.90 Å². The van der Waals surface area contributed by atoms with Gasteiger partial charge in [0, 0.05) is 24.6 Å². The molecule has 3 N–H and O–H groups in total. The average molecular weight is 242 g/mol. The summed E-state index contributed by atoms with van der Waals surface area (Å²) in [5.74, 6) is 0.233. The van der Waals surface area contributed by atoms with Crippen LogP contribution in [0.3, 0.4) is 0 Å². The Kier molecular flexibility index (Phi) is 6.34. The Hall–Kier alpha value is -0.770. The number of hydrogen-bond acceptors (Lipinski definition) is 2. The molecule has 0 heterocycles. The van der Waals surface area contributed by atoms with Crippen LogP contribution in [-0.4, -0.2) is 29.8 Å². The zero-order valence-electron chi connectivity index (χ0n) is 11.0. The molecule has 4 nitrogen and oxygen atoms in total. The molecule has 100 valence electrons. The van der Waals surface area contributed by atoms with E-state index in [-0.39, 0.29) is 30.6 Å². The third kappa shape index (κ3) is 4.54. The fraction of sp³-hybridized carbons (Fsp3) is 0.923. The van der Waals surface area contributed by atoms with Gasteiger partial charge in [0.05, 0.1) is 0 Å². The second-order valence-corrected chi connectivity index (χ2v) is 4.96. The van der Waals surface area contributed by atoms with Crippen LogP contribution >= 0.6 is 0 Å². The lowest BCUT2D eigenvalue weighted by molar-refractivity contribution is 0.153. The molecule has 2 amide bonds. The third-order valence-electron chi connectivity index (χ3n) is 3.78. The third-order valence-corrected chi connectivity index (χ3v) is 3.78. The van der Waals surface area contributed by atoms with E-state index >= 15 is 0 Å². The highest BCUT2D eigenvalue weighted by molar-refractivity contribution is 5.74. The van der Waals surface area contributed by atoms with E-state index in [0.717, 1.165) is 38.5 Å². The Balaban J connectivity index is 2.38. The highest BCUT2D eigenvalue weighted by Crippen LogP contribution is 2.23. The largest absolute Gasteiger partial charge is 0.396 e. The van der Waals surface area contributed by atoms with Crippen LogP contribution in [0.4, 0.5) is 4.79 Å². The van der Waals surface area contributed by atoms with E-state index in [1.807, 2.05) is 0 Å². The zero-order valence-corrected chi connectivity index (χ0v) is 11.0. The highest BCUT2D eigenvalue weighted by Gasteiger charge is 2.26. The summed E-state index contributed by atoms with van der Waals surface area (Å²) in [5, 5.41) is 15.3. The monoisotopic (exact) mass is 242 g/mol. The van der Waals surface area contributed by atoms with E-state index in [1.54, 1.807) is 0 Å². The smallest absolute Gasteiger partial charge is 0.315 e. The van der Waals surface area contributed by atoms with Crippen molar-refractivity contribution in [3.63, 3.8) is 0 Å². The minimum Gasteiger partial charge on any atom is -0.396 e. The van der Waals surface area contributed by atoms with Crippen molar-refractivity contribution in [2.75, 3.05) is 6.61 Å². The summed E-state index contributed by atoms with van der Waals surface area (Å²) in [6.07, 6.45) is 6.23. The molecular formula is C13H26N2O2. The van der Waals surface area contributed by atoms with Crippen molar-refractivity contribution in [3.8, 4) is 0 Å². The van der Waals surface area contributed by atoms with Crippen LogP contribution in [0.1, 0.15) is 52.4 Å². The SMILES string of the molecule is CCC(CC)NC(=O)NC1CCCCC1CO. The summed E-state index contributed by atoms with van der Waals surface area (Å²) in [6, 6.07) is 0.318. The van der Waals surface area contributed by atoms with Crippen LogP contribution < -0.4 is 10.6 Å². The summed E-state index contributed by atoms with van der Waals surface area (Å²) in [6.45, 7) is 4.33. The topological polar surface area (TPSA) is 61.4 Å². The molecule has 0 aliphatic heterocycles. The van der Waals surface area contributed by atoms with Crippen LogP contribution in [0.15, 0.2) is 0 Å². The molecule has 1 fully saturated rings. The molecule has 1 saturated carbocycles. The number of urea groups is 1. The van der Waals surface area contributed by atoms with Crippen molar-refractivity contribution in [2.24, 2.45) is 5.92 Å². The Labute approximate surface area is 104 Å². The van der Waals surface area contributed by atoms with Crippen LogP contribution in [0.25, 0.3) is 0 Å². The first kappa shape index (κ1) is 14.3. The Morgan fingerprint density at radius 1 is 1.29 bits per heavy atom. The van der Waals surface area contributed by atoms with Crippen molar-refractivity contribution in [1.29, 1.82) is 0 Å². The van der Waals surface area contributed by atoms with Gasteiger partial charge in [-0.15, -0.1) is 0 Å². The van der Waals surface area contributed by atoms with Gasteiger partial charge < -0.3 is 15.7 Å². The lowest BCUT2D eigenvalue weighted by atomic mass is 9.85. The first-order valence-corrected chi connectivity index (χ1v) is 6.89. The van der Waals surface area contributed by atoms with E-state index in [9.17, 15) is 9.90 Å². The number of carbonyl (C=O) groups is 1. The lowest BCUT2D eigenvalue weighted by Gasteiger charge is -2.31. The molecule has 4 heteroatoms. The fourth-order valence-corrected chi connectivity index (χ4v) is 2.50. The molecule has 0 saturated heterocycles. The Morgan fingerprint density at radius 3 is 2.53 bits per heavy atom. The first-order valence-electron chi connectivity index (χ1n) is 6.89.